The van der Waals surface area contributed by atoms with Gasteiger partial charge in [-0.2, -0.15) is 0 Å². The monoisotopic (exact) mass is 270 g/mol. The molecule has 2 atom stereocenters. The van der Waals surface area contributed by atoms with Gasteiger partial charge < -0.3 is 5.11 Å². The summed E-state index contributed by atoms with van der Waals surface area (Å²) < 4.78 is 1.09. The Bertz CT molecular complexity index is 281. The molecule has 0 radical (unpaired) electrons. The molecule has 84 valence electrons. The molecule has 0 heterocycles. The molecule has 0 spiro atoms. The number of halogens is 1. The summed E-state index contributed by atoms with van der Waals surface area (Å²) in [5.41, 5.74) is 1.20. The zero-order valence-corrected chi connectivity index (χ0v) is 11.0. The minimum absolute atomic E-state index is 0.217. The molecule has 1 rings (SSSR count). The van der Waals surface area contributed by atoms with Gasteiger partial charge in [-0.3, -0.25) is 0 Å². The summed E-state index contributed by atoms with van der Waals surface area (Å²) in [4.78, 5) is 0. The summed E-state index contributed by atoms with van der Waals surface area (Å²) in [5, 5.41) is 9.96. The van der Waals surface area contributed by atoms with Gasteiger partial charge in [-0.05, 0) is 36.5 Å². The molecule has 1 N–H and O–H groups in total. The number of aliphatic hydroxyl groups excluding tert-OH is 1. The first-order chi connectivity index (χ1) is 7.13. The Morgan fingerprint density at radius 3 is 2.40 bits per heavy atom. The molecule has 1 aromatic carbocycles. The largest absolute Gasteiger partial charge is 0.393 e. The maximum Gasteiger partial charge on any atom is 0.0606 e. The molecule has 0 fully saturated rings. The molecule has 1 nitrogen and oxygen atoms in total. The third-order valence-corrected chi connectivity index (χ3v) is 3.29. The lowest BCUT2D eigenvalue weighted by atomic mass is 9.94. The Hall–Kier alpha value is -0.340. The zero-order valence-electron chi connectivity index (χ0n) is 9.41. The molecule has 0 saturated heterocycles. The van der Waals surface area contributed by atoms with E-state index < -0.39 is 0 Å². The summed E-state index contributed by atoms with van der Waals surface area (Å²) in [6.07, 6.45) is 2.77. The summed E-state index contributed by atoms with van der Waals surface area (Å²) in [7, 11) is 0. The maximum atomic E-state index is 9.96. The van der Waals surface area contributed by atoms with Gasteiger partial charge in [-0.25, -0.2) is 0 Å². The van der Waals surface area contributed by atoms with Gasteiger partial charge in [0.15, 0.2) is 0 Å². The van der Waals surface area contributed by atoms with E-state index in [4.69, 9.17) is 0 Å². The van der Waals surface area contributed by atoms with Crippen molar-refractivity contribution in [3.05, 3.63) is 34.3 Å². The fraction of sp³-hybridized carbons (Fsp3) is 0.538. The van der Waals surface area contributed by atoms with E-state index in [1.807, 2.05) is 12.1 Å². The van der Waals surface area contributed by atoms with Gasteiger partial charge in [0.25, 0.3) is 0 Å². The third kappa shape index (κ3) is 4.35. The lowest BCUT2D eigenvalue weighted by molar-refractivity contribution is 0.111. The van der Waals surface area contributed by atoms with Crippen molar-refractivity contribution < 1.29 is 5.11 Å². The van der Waals surface area contributed by atoms with Crippen molar-refractivity contribution in [2.45, 2.75) is 39.2 Å². The van der Waals surface area contributed by atoms with Crippen LogP contribution in [0.5, 0.6) is 0 Å². The predicted octanol–water partition coefficient (Wildman–Crippen LogP) is 3.79. The van der Waals surface area contributed by atoms with Gasteiger partial charge in [0.2, 0.25) is 0 Å². The molecule has 0 aliphatic carbocycles. The second-order valence-electron chi connectivity index (χ2n) is 4.16. The number of benzene rings is 1. The van der Waals surface area contributed by atoms with Crippen LogP contribution in [0.4, 0.5) is 0 Å². The lowest BCUT2D eigenvalue weighted by Crippen LogP contribution is -2.20. The highest BCUT2D eigenvalue weighted by molar-refractivity contribution is 9.10. The van der Waals surface area contributed by atoms with Crippen molar-refractivity contribution in [3.63, 3.8) is 0 Å². The number of hydrogen-bond donors (Lipinski definition) is 1. The molecule has 0 saturated carbocycles. The second-order valence-corrected chi connectivity index (χ2v) is 5.08. The van der Waals surface area contributed by atoms with E-state index in [9.17, 15) is 5.11 Å². The normalized spacial score (nSPS) is 14.9. The minimum Gasteiger partial charge on any atom is -0.393 e. The molecule has 2 unspecified atom stereocenters. The predicted molar refractivity (Wildman–Crippen MR) is 67.9 cm³/mol. The molecule has 0 aromatic heterocycles. The van der Waals surface area contributed by atoms with Crippen LogP contribution in [0.15, 0.2) is 28.7 Å². The molecule has 15 heavy (non-hydrogen) atoms. The Labute approximate surface area is 101 Å². The lowest BCUT2D eigenvalue weighted by Gasteiger charge is -2.18. The van der Waals surface area contributed by atoms with Gasteiger partial charge in [0, 0.05) is 4.47 Å². The molecule has 1 aromatic rings. The average Bonchev–Trinajstić information content (AvgIpc) is 2.22. The summed E-state index contributed by atoms with van der Waals surface area (Å²) in [6.45, 7) is 4.27. The average molecular weight is 271 g/mol. The first kappa shape index (κ1) is 12.7. The summed E-state index contributed by atoms with van der Waals surface area (Å²) in [6, 6.07) is 8.16. The molecule has 0 aliphatic heterocycles. The van der Waals surface area contributed by atoms with E-state index in [0.717, 1.165) is 23.7 Å². The standard InChI is InChI=1S/C13H19BrO/c1-3-4-10(2)13(15)9-11-5-7-12(14)8-6-11/h5-8,10,13,15H,3-4,9H2,1-2H3. The van der Waals surface area contributed by atoms with Crippen molar-refractivity contribution in [3.8, 4) is 0 Å². The van der Waals surface area contributed by atoms with E-state index >= 15 is 0 Å². The van der Waals surface area contributed by atoms with E-state index in [-0.39, 0.29) is 6.10 Å². The van der Waals surface area contributed by atoms with Crippen LogP contribution in [0, 0.1) is 5.92 Å². The van der Waals surface area contributed by atoms with Gasteiger partial charge >= 0.3 is 0 Å². The Morgan fingerprint density at radius 1 is 1.27 bits per heavy atom. The molecule has 0 aliphatic rings. The van der Waals surface area contributed by atoms with E-state index in [1.54, 1.807) is 0 Å². The minimum atomic E-state index is -0.217. The van der Waals surface area contributed by atoms with Gasteiger partial charge in [0.05, 0.1) is 6.10 Å². The van der Waals surface area contributed by atoms with Crippen LogP contribution in [-0.2, 0) is 6.42 Å². The Balaban J connectivity index is 2.50. The van der Waals surface area contributed by atoms with Crippen LogP contribution < -0.4 is 0 Å². The number of hydrogen-bond acceptors (Lipinski definition) is 1. The fourth-order valence-electron chi connectivity index (χ4n) is 1.71. The van der Waals surface area contributed by atoms with Crippen molar-refractivity contribution in [2.24, 2.45) is 5.92 Å². The number of rotatable bonds is 5. The molecular formula is C13H19BrO. The quantitative estimate of drug-likeness (QED) is 0.863. The first-order valence-electron chi connectivity index (χ1n) is 5.56. The van der Waals surface area contributed by atoms with Crippen LogP contribution in [0.25, 0.3) is 0 Å². The van der Waals surface area contributed by atoms with Crippen molar-refractivity contribution in [1.82, 2.24) is 0 Å². The SMILES string of the molecule is CCCC(C)C(O)Cc1ccc(Br)cc1. The Morgan fingerprint density at radius 2 is 1.87 bits per heavy atom. The van der Waals surface area contributed by atoms with Crippen molar-refractivity contribution >= 4 is 15.9 Å². The molecular weight excluding hydrogens is 252 g/mol. The smallest absolute Gasteiger partial charge is 0.0606 e. The van der Waals surface area contributed by atoms with E-state index in [2.05, 4.69) is 41.9 Å². The topological polar surface area (TPSA) is 20.2 Å². The van der Waals surface area contributed by atoms with Crippen LogP contribution in [0.2, 0.25) is 0 Å². The van der Waals surface area contributed by atoms with Crippen molar-refractivity contribution in [2.75, 3.05) is 0 Å². The maximum absolute atomic E-state index is 9.96. The number of aliphatic hydroxyl groups is 1. The van der Waals surface area contributed by atoms with E-state index in [1.165, 1.54) is 5.56 Å². The zero-order chi connectivity index (χ0) is 11.3. The third-order valence-electron chi connectivity index (χ3n) is 2.76. The summed E-state index contributed by atoms with van der Waals surface area (Å²) >= 11 is 3.40. The second kappa shape index (κ2) is 6.29. The highest BCUT2D eigenvalue weighted by Gasteiger charge is 2.13. The fourth-order valence-corrected chi connectivity index (χ4v) is 1.98. The van der Waals surface area contributed by atoms with Crippen LogP contribution in [0.3, 0.4) is 0 Å². The van der Waals surface area contributed by atoms with Crippen LogP contribution >= 0.6 is 15.9 Å². The Kier molecular flexibility index (Phi) is 5.34. The van der Waals surface area contributed by atoms with E-state index in [0.29, 0.717) is 5.92 Å². The highest BCUT2D eigenvalue weighted by Crippen LogP contribution is 2.17. The molecule has 0 bridgehead atoms. The van der Waals surface area contributed by atoms with Gasteiger partial charge in [-0.1, -0.05) is 48.3 Å². The van der Waals surface area contributed by atoms with Gasteiger partial charge in [0.1, 0.15) is 0 Å². The van der Waals surface area contributed by atoms with Gasteiger partial charge in [-0.15, -0.1) is 0 Å². The first-order valence-corrected chi connectivity index (χ1v) is 6.35. The van der Waals surface area contributed by atoms with Crippen LogP contribution in [0.1, 0.15) is 32.3 Å². The van der Waals surface area contributed by atoms with Crippen LogP contribution in [-0.4, -0.2) is 11.2 Å². The molecule has 0 amide bonds. The molecule has 2 heteroatoms. The highest BCUT2D eigenvalue weighted by atomic mass is 79.9. The summed E-state index contributed by atoms with van der Waals surface area (Å²) in [5.74, 6) is 0.388. The van der Waals surface area contributed by atoms with Crippen molar-refractivity contribution in [1.29, 1.82) is 0 Å².